The quantitative estimate of drug-likeness (QED) is 0.693. The van der Waals surface area contributed by atoms with Crippen molar-refractivity contribution < 1.29 is 13.2 Å². The molecule has 1 amide bonds. The predicted molar refractivity (Wildman–Crippen MR) is 104 cm³/mol. The first-order chi connectivity index (χ1) is 12.2. The van der Waals surface area contributed by atoms with E-state index in [1.807, 2.05) is 11.6 Å². The molecule has 0 radical (unpaired) electrons. The number of aromatic nitrogens is 1. The lowest BCUT2D eigenvalue weighted by Crippen LogP contribution is -2.14. The number of nitrogens with zero attached hydrogens (tertiary/aromatic N) is 2. The SMILES string of the molecule is Cc1ccc2sc(=NC(=O)Cc3ccc(S(C)(=O)=O)cc3)n(C)c2c1C. The van der Waals surface area contributed by atoms with Gasteiger partial charge in [0.05, 0.1) is 21.5 Å². The van der Waals surface area contributed by atoms with Crippen molar-refractivity contribution in [2.45, 2.75) is 25.2 Å². The lowest BCUT2D eigenvalue weighted by Gasteiger charge is -2.03. The van der Waals surface area contributed by atoms with Crippen LogP contribution in [0.25, 0.3) is 10.2 Å². The number of carbonyl (C=O) groups excluding carboxylic acids is 1. The largest absolute Gasteiger partial charge is 0.319 e. The molecule has 3 rings (SSSR count). The van der Waals surface area contributed by atoms with Crippen LogP contribution in [0.5, 0.6) is 0 Å². The number of thiazole rings is 1. The third-order valence-electron chi connectivity index (χ3n) is 4.42. The molecule has 0 unspecified atom stereocenters. The Balaban J connectivity index is 1.91. The maximum Gasteiger partial charge on any atom is 0.252 e. The standard InChI is InChI=1S/C19H20N2O3S2/c1-12-5-10-16-18(13(12)2)21(3)19(25-16)20-17(22)11-14-6-8-15(9-7-14)26(4,23)24/h5-10H,11H2,1-4H3. The van der Waals surface area contributed by atoms with E-state index in [2.05, 4.69) is 31.0 Å². The Labute approximate surface area is 156 Å². The molecule has 0 saturated heterocycles. The highest BCUT2D eigenvalue weighted by atomic mass is 32.2. The van der Waals surface area contributed by atoms with Crippen LogP contribution in [0.2, 0.25) is 0 Å². The van der Waals surface area contributed by atoms with Crippen LogP contribution in [0.4, 0.5) is 0 Å². The third-order valence-corrected chi connectivity index (χ3v) is 6.64. The molecule has 0 aliphatic rings. The van der Waals surface area contributed by atoms with Crippen LogP contribution < -0.4 is 4.80 Å². The Hall–Kier alpha value is -2.25. The van der Waals surface area contributed by atoms with Gasteiger partial charge >= 0.3 is 0 Å². The number of sulfone groups is 1. The smallest absolute Gasteiger partial charge is 0.252 e. The van der Waals surface area contributed by atoms with Gasteiger partial charge in [-0.3, -0.25) is 4.79 Å². The van der Waals surface area contributed by atoms with Crippen molar-refractivity contribution in [1.82, 2.24) is 4.57 Å². The van der Waals surface area contributed by atoms with Crippen molar-refractivity contribution >= 4 is 37.3 Å². The fourth-order valence-electron chi connectivity index (χ4n) is 2.81. The topological polar surface area (TPSA) is 68.5 Å². The zero-order valence-corrected chi connectivity index (χ0v) is 16.7. The zero-order valence-electron chi connectivity index (χ0n) is 15.1. The summed E-state index contributed by atoms with van der Waals surface area (Å²) in [5.74, 6) is -0.256. The molecule has 0 spiro atoms. The van der Waals surface area contributed by atoms with E-state index in [0.29, 0.717) is 4.80 Å². The van der Waals surface area contributed by atoms with Gasteiger partial charge in [-0.05, 0) is 48.7 Å². The first-order valence-electron chi connectivity index (χ1n) is 8.09. The second kappa shape index (κ2) is 6.81. The van der Waals surface area contributed by atoms with Crippen LogP contribution in [0, 0.1) is 13.8 Å². The van der Waals surface area contributed by atoms with Crippen molar-refractivity contribution in [1.29, 1.82) is 0 Å². The molecule has 0 fully saturated rings. The second-order valence-electron chi connectivity index (χ2n) is 6.40. The van der Waals surface area contributed by atoms with Crippen LogP contribution in [0.15, 0.2) is 46.3 Å². The molecule has 0 saturated carbocycles. The maximum absolute atomic E-state index is 12.4. The van der Waals surface area contributed by atoms with E-state index in [1.54, 1.807) is 12.1 Å². The molecule has 0 bridgehead atoms. The van der Waals surface area contributed by atoms with Gasteiger partial charge in [0.2, 0.25) is 0 Å². The third kappa shape index (κ3) is 3.64. The van der Waals surface area contributed by atoms with Gasteiger partial charge in [0.1, 0.15) is 0 Å². The predicted octanol–water partition coefficient (Wildman–Crippen LogP) is 2.93. The van der Waals surface area contributed by atoms with Gasteiger partial charge in [0.15, 0.2) is 14.6 Å². The molecule has 5 nitrogen and oxygen atoms in total. The molecule has 26 heavy (non-hydrogen) atoms. The Morgan fingerprint density at radius 1 is 1.12 bits per heavy atom. The van der Waals surface area contributed by atoms with Gasteiger partial charge in [-0.1, -0.05) is 29.5 Å². The summed E-state index contributed by atoms with van der Waals surface area (Å²) in [4.78, 5) is 17.5. The maximum atomic E-state index is 12.4. The highest BCUT2D eigenvalue weighted by molar-refractivity contribution is 7.90. The number of hydrogen-bond acceptors (Lipinski definition) is 4. The number of benzene rings is 2. The fourth-order valence-corrected chi connectivity index (χ4v) is 4.54. The number of rotatable bonds is 3. The molecule has 136 valence electrons. The summed E-state index contributed by atoms with van der Waals surface area (Å²) in [6.45, 7) is 4.13. The van der Waals surface area contributed by atoms with E-state index in [0.717, 1.165) is 22.0 Å². The fraction of sp³-hybridized carbons (Fsp3) is 0.263. The molecular formula is C19H20N2O3S2. The van der Waals surface area contributed by atoms with Gasteiger partial charge in [0, 0.05) is 13.3 Å². The minimum Gasteiger partial charge on any atom is -0.319 e. The second-order valence-corrected chi connectivity index (χ2v) is 9.42. The van der Waals surface area contributed by atoms with Crippen LogP contribution >= 0.6 is 11.3 Å². The normalized spacial score (nSPS) is 12.7. The Kier molecular flexibility index (Phi) is 4.86. The summed E-state index contributed by atoms with van der Waals surface area (Å²) >= 11 is 1.49. The summed E-state index contributed by atoms with van der Waals surface area (Å²) in [6, 6.07) is 10.5. The van der Waals surface area contributed by atoms with Crippen LogP contribution in [0.3, 0.4) is 0 Å². The number of fused-ring (bicyclic) bond motifs is 1. The van der Waals surface area contributed by atoms with E-state index in [9.17, 15) is 13.2 Å². The summed E-state index contributed by atoms with van der Waals surface area (Å²) in [5.41, 5.74) is 4.22. The monoisotopic (exact) mass is 388 g/mol. The molecule has 0 aliphatic heterocycles. The first-order valence-corrected chi connectivity index (χ1v) is 10.8. The summed E-state index contributed by atoms with van der Waals surface area (Å²) < 4.78 is 26.0. The van der Waals surface area contributed by atoms with Gasteiger partial charge in [-0.15, -0.1) is 0 Å². The molecule has 0 aliphatic carbocycles. The van der Waals surface area contributed by atoms with E-state index < -0.39 is 9.84 Å². The highest BCUT2D eigenvalue weighted by Crippen LogP contribution is 2.23. The highest BCUT2D eigenvalue weighted by Gasteiger charge is 2.10. The van der Waals surface area contributed by atoms with Crippen molar-refractivity contribution in [2.24, 2.45) is 12.0 Å². The lowest BCUT2D eigenvalue weighted by molar-refractivity contribution is -0.117. The zero-order chi connectivity index (χ0) is 19.1. The summed E-state index contributed by atoms with van der Waals surface area (Å²) in [5, 5.41) is 0. The van der Waals surface area contributed by atoms with Gasteiger partial charge in [0.25, 0.3) is 5.91 Å². The average molecular weight is 389 g/mol. The molecule has 2 aromatic carbocycles. The number of aryl methyl sites for hydroxylation is 3. The molecular weight excluding hydrogens is 368 g/mol. The summed E-state index contributed by atoms with van der Waals surface area (Å²) in [6.07, 6.45) is 1.30. The van der Waals surface area contributed by atoms with Crippen LogP contribution in [-0.4, -0.2) is 25.1 Å². The minimum absolute atomic E-state index is 0.135. The van der Waals surface area contributed by atoms with Gasteiger partial charge in [-0.25, -0.2) is 8.42 Å². The minimum atomic E-state index is -3.23. The van der Waals surface area contributed by atoms with Crippen molar-refractivity contribution in [3.8, 4) is 0 Å². The molecule has 1 aromatic heterocycles. The Morgan fingerprint density at radius 3 is 2.38 bits per heavy atom. The number of amides is 1. The van der Waals surface area contributed by atoms with Crippen molar-refractivity contribution in [3.63, 3.8) is 0 Å². The molecule has 0 atom stereocenters. The number of hydrogen-bond donors (Lipinski definition) is 0. The van der Waals surface area contributed by atoms with E-state index >= 15 is 0 Å². The van der Waals surface area contributed by atoms with E-state index in [1.165, 1.54) is 34.6 Å². The Bertz CT molecular complexity index is 1170. The average Bonchev–Trinajstić information content (AvgIpc) is 2.87. The molecule has 3 aromatic rings. The van der Waals surface area contributed by atoms with E-state index in [-0.39, 0.29) is 17.2 Å². The lowest BCUT2D eigenvalue weighted by atomic mass is 10.1. The van der Waals surface area contributed by atoms with Crippen molar-refractivity contribution in [2.75, 3.05) is 6.26 Å². The van der Waals surface area contributed by atoms with E-state index in [4.69, 9.17) is 0 Å². The van der Waals surface area contributed by atoms with Crippen molar-refractivity contribution in [3.05, 3.63) is 57.9 Å². The Morgan fingerprint density at radius 2 is 1.77 bits per heavy atom. The molecule has 1 heterocycles. The summed E-state index contributed by atoms with van der Waals surface area (Å²) in [7, 11) is -1.32. The van der Waals surface area contributed by atoms with Crippen LogP contribution in [0.1, 0.15) is 16.7 Å². The first kappa shape index (κ1) is 18.5. The molecule has 0 N–H and O–H groups in total. The number of carbonyl (C=O) groups is 1. The molecule has 7 heteroatoms. The van der Waals surface area contributed by atoms with Gasteiger partial charge < -0.3 is 4.57 Å². The van der Waals surface area contributed by atoms with Gasteiger partial charge in [-0.2, -0.15) is 4.99 Å². The van der Waals surface area contributed by atoms with Crippen LogP contribution in [-0.2, 0) is 28.1 Å².